The Bertz CT molecular complexity index is 1050. The van der Waals surface area contributed by atoms with Crippen LogP contribution in [0.2, 0.25) is 0 Å². The maximum absolute atomic E-state index is 13.3. The van der Waals surface area contributed by atoms with E-state index in [1.54, 1.807) is 0 Å². The van der Waals surface area contributed by atoms with Gasteiger partial charge in [-0.15, -0.1) is 10.2 Å². The zero-order valence-corrected chi connectivity index (χ0v) is 17.5. The van der Waals surface area contributed by atoms with E-state index in [1.807, 2.05) is 42.7 Å². The van der Waals surface area contributed by atoms with Crippen molar-refractivity contribution >= 4 is 29.3 Å². The van der Waals surface area contributed by atoms with Gasteiger partial charge in [-0.05, 0) is 49.7 Å². The van der Waals surface area contributed by atoms with E-state index < -0.39 is 11.7 Å². The van der Waals surface area contributed by atoms with E-state index in [-0.39, 0.29) is 24.6 Å². The molecule has 0 atom stereocenters. The quantitative estimate of drug-likeness (QED) is 0.558. The third-order valence-electron chi connectivity index (χ3n) is 4.50. The molecule has 30 heavy (non-hydrogen) atoms. The molecule has 2 aromatic carbocycles. The molecular weight excluding hydrogens is 405 g/mol. The minimum Gasteiger partial charge on any atom is -0.370 e. The number of hydrogen-bond acceptors (Lipinski definition) is 5. The van der Waals surface area contributed by atoms with Gasteiger partial charge in [-0.2, -0.15) is 0 Å². The van der Waals surface area contributed by atoms with Crippen molar-refractivity contribution in [1.29, 1.82) is 0 Å². The highest BCUT2D eigenvalue weighted by molar-refractivity contribution is 7.99. The number of rotatable bonds is 8. The first kappa shape index (κ1) is 21.5. The van der Waals surface area contributed by atoms with Gasteiger partial charge in [-0.3, -0.25) is 14.2 Å². The minimum atomic E-state index is -0.516. The van der Waals surface area contributed by atoms with Crippen molar-refractivity contribution in [2.75, 3.05) is 17.2 Å². The topological polar surface area (TPSA) is 94.1 Å². The van der Waals surface area contributed by atoms with Crippen LogP contribution in [0.4, 0.5) is 10.1 Å². The van der Waals surface area contributed by atoms with Gasteiger partial charge in [0.15, 0.2) is 5.16 Å². The van der Waals surface area contributed by atoms with E-state index in [4.69, 9.17) is 5.73 Å². The van der Waals surface area contributed by atoms with E-state index >= 15 is 0 Å². The number of aryl methyl sites for hydroxylation is 2. The zero-order chi connectivity index (χ0) is 21.7. The van der Waals surface area contributed by atoms with Gasteiger partial charge < -0.3 is 10.6 Å². The number of carbonyl (C=O) groups is 2. The number of thioether (sulfide) groups is 1. The molecule has 0 aliphatic heterocycles. The number of primary amides is 1. The summed E-state index contributed by atoms with van der Waals surface area (Å²) in [5.41, 5.74) is 7.75. The van der Waals surface area contributed by atoms with Crippen LogP contribution in [0.5, 0.6) is 0 Å². The molecule has 3 aromatic rings. The molecule has 0 bridgehead atoms. The molecular formula is C21H22FN5O2S. The van der Waals surface area contributed by atoms with E-state index in [1.165, 1.54) is 40.9 Å². The van der Waals surface area contributed by atoms with Gasteiger partial charge in [0.05, 0.1) is 11.4 Å². The second kappa shape index (κ2) is 9.53. The van der Waals surface area contributed by atoms with Crippen LogP contribution in [-0.2, 0) is 9.59 Å². The van der Waals surface area contributed by atoms with Crippen molar-refractivity contribution in [2.24, 2.45) is 5.73 Å². The molecule has 0 saturated carbocycles. The fourth-order valence-electron chi connectivity index (χ4n) is 2.97. The highest BCUT2D eigenvalue weighted by Gasteiger charge is 2.20. The third kappa shape index (κ3) is 5.04. The highest BCUT2D eigenvalue weighted by Crippen LogP contribution is 2.25. The van der Waals surface area contributed by atoms with Gasteiger partial charge in [0, 0.05) is 18.7 Å². The van der Waals surface area contributed by atoms with Crippen LogP contribution in [0, 0.1) is 19.7 Å². The van der Waals surface area contributed by atoms with Crippen LogP contribution in [-0.4, -0.2) is 38.9 Å². The Hall–Kier alpha value is -3.20. The maximum Gasteiger partial charge on any atom is 0.237 e. The molecule has 0 aliphatic rings. The van der Waals surface area contributed by atoms with Gasteiger partial charge in [0.2, 0.25) is 11.8 Å². The lowest BCUT2D eigenvalue weighted by atomic mass is 10.2. The van der Waals surface area contributed by atoms with Crippen molar-refractivity contribution in [2.45, 2.75) is 25.4 Å². The van der Waals surface area contributed by atoms with Gasteiger partial charge in [-0.1, -0.05) is 30.0 Å². The Balaban J connectivity index is 1.80. The van der Waals surface area contributed by atoms with E-state index in [2.05, 4.69) is 10.2 Å². The van der Waals surface area contributed by atoms with Crippen molar-refractivity contribution in [1.82, 2.24) is 14.8 Å². The lowest BCUT2D eigenvalue weighted by Gasteiger charge is -2.22. The standard InChI is InChI=1S/C21H22FN5O2S/c1-14-5-3-4-6-18(14)27-15(2)24-25-21(27)30-13-20(29)26(12-11-19(23)28)17-9-7-16(22)8-10-17/h3-10H,11-13H2,1-2H3,(H2,23,28). The third-order valence-corrected chi connectivity index (χ3v) is 5.41. The smallest absolute Gasteiger partial charge is 0.237 e. The Morgan fingerprint density at radius 1 is 1.10 bits per heavy atom. The predicted octanol–water partition coefficient (Wildman–Crippen LogP) is 3.02. The molecule has 1 heterocycles. The number of hydrogen-bond donors (Lipinski definition) is 1. The largest absolute Gasteiger partial charge is 0.370 e. The molecule has 3 rings (SSSR count). The molecule has 0 spiro atoms. The van der Waals surface area contributed by atoms with Crippen LogP contribution in [0.15, 0.2) is 53.7 Å². The predicted molar refractivity (Wildman–Crippen MR) is 114 cm³/mol. The van der Waals surface area contributed by atoms with Crippen molar-refractivity contribution in [3.8, 4) is 5.69 Å². The van der Waals surface area contributed by atoms with Crippen LogP contribution in [0.1, 0.15) is 17.8 Å². The number of para-hydroxylation sites is 1. The maximum atomic E-state index is 13.3. The first-order valence-corrected chi connectivity index (χ1v) is 10.3. The monoisotopic (exact) mass is 427 g/mol. The summed E-state index contributed by atoms with van der Waals surface area (Å²) in [6.07, 6.45) is 0.00623. The lowest BCUT2D eigenvalue weighted by molar-refractivity contribution is -0.118. The fraction of sp³-hybridized carbons (Fsp3) is 0.238. The molecule has 0 fully saturated rings. The number of nitrogens with two attached hydrogens (primary N) is 1. The first-order chi connectivity index (χ1) is 14.4. The molecule has 7 nitrogen and oxygen atoms in total. The summed E-state index contributed by atoms with van der Waals surface area (Å²) in [4.78, 5) is 25.6. The highest BCUT2D eigenvalue weighted by atomic mass is 32.2. The van der Waals surface area contributed by atoms with Crippen molar-refractivity contribution in [3.05, 3.63) is 65.7 Å². The number of amides is 2. The van der Waals surface area contributed by atoms with Gasteiger partial charge in [-0.25, -0.2) is 4.39 Å². The van der Waals surface area contributed by atoms with E-state index in [9.17, 15) is 14.0 Å². The summed E-state index contributed by atoms with van der Waals surface area (Å²) in [5.74, 6) is -0.386. The SMILES string of the molecule is Cc1ccccc1-n1c(C)nnc1SCC(=O)N(CCC(N)=O)c1ccc(F)cc1. The number of carbonyl (C=O) groups excluding carboxylic acids is 2. The molecule has 0 unspecified atom stereocenters. The number of nitrogens with zero attached hydrogens (tertiary/aromatic N) is 4. The fourth-order valence-corrected chi connectivity index (χ4v) is 3.84. The van der Waals surface area contributed by atoms with Crippen LogP contribution < -0.4 is 10.6 Å². The van der Waals surface area contributed by atoms with Crippen LogP contribution in [0.25, 0.3) is 5.69 Å². The molecule has 0 saturated heterocycles. The normalized spacial score (nSPS) is 10.8. The van der Waals surface area contributed by atoms with Crippen LogP contribution >= 0.6 is 11.8 Å². The number of anilines is 1. The summed E-state index contributed by atoms with van der Waals surface area (Å²) in [6, 6.07) is 13.4. The van der Waals surface area contributed by atoms with E-state index in [0.717, 1.165) is 11.3 Å². The van der Waals surface area contributed by atoms with Gasteiger partial charge in [0.25, 0.3) is 0 Å². The number of halogens is 1. The first-order valence-electron chi connectivity index (χ1n) is 9.32. The van der Waals surface area contributed by atoms with E-state index in [0.29, 0.717) is 16.7 Å². The zero-order valence-electron chi connectivity index (χ0n) is 16.7. The number of aromatic nitrogens is 3. The van der Waals surface area contributed by atoms with Crippen LogP contribution in [0.3, 0.4) is 0 Å². The Kier molecular flexibility index (Phi) is 6.83. The summed E-state index contributed by atoms with van der Waals surface area (Å²) in [6.45, 7) is 3.96. The molecule has 2 N–H and O–H groups in total. The second-order valence-corrected chi connectivity index (χ2v) is 7.62. The average molecular weight is 428 g/mol. The Labute approximate surface area is 178 Å². The Morgan fingerprint density at radius 2 is 1.80 bits per heavy atom. The summed E-state index contributed by atoms with van der Waals surface area (Å²) in [7, 11) is 0. The molecule has 0 radical (unpaired) electrons. The summed E-state index contributed by atoms with van der Waals surface area (Å²) < 4.78 is 15.2. The Morgan fingerprint density at radius 3 is 2.47 bits per heavy atom. The number of benzene rings is 2. The second-order valence-electron chi connectivity index (χ2n) is 6.68. The lowest BCUT2D eigenvalue weighted by Crippen LogP contribution is -2.35. The summed E-state index contributed by atoms with van der Waals surface area (Å²) >= 11 is 1.25. The minimum absolute atomic E-state index is 0.00623. The van der Waals surface area contributed by atoms with Gasteiger partial charge >= 0.3 is 0 Å². The average Bonchev–Trinajstić information content (AvgIpc) is 3.08. The van der Waals surface area contributed by atoms with Crippen molar-refractivity contribution in [3.63, 3.8) is 0 Å². The molecule has 156 valence electrons. The molecule has 9 heteroatoms. The molecule has 2 amide bonds. The summed E-state index contributed by atoms with van der Waals surface area (Å²) in [5, 5.41) is 8.94. The molecule has 0 aliphatic carbocycles. The van der Waals surface area contributed by atoms with Crippen molar-refractivity contribution < 1.29 is 14.0 Å². The van der Waals surface area contributed by atoms with Gasteiger partial charge in [0.1, 0.15) is 11.6 Å². The molecule has 1 aromatic heterocycles.